The van der Waals surface area contributed by atoms with Crippen LogP contribution in [0.3, 0.4) is 0 Å². The zero-order chi connectivity index (χ0) is 22.6. The van der Waals surface area contributed by atoms with Gasteiger partial charge in [-0.2, -0.15) is 8.42 Å². The fraction of sp³-hybridized carbons (Fsp3) is 1.00. The maximum absolute atomic E-state index is 12.9. The quantitative estimate of drug-likeness (QED) is 0.467. The van der Waals surface area contributed by atoms with Crippen LogP contribution in [0.1, 0.15) is 48.0 Å². The molecule has 0 aliphatic carbocycles. The average Bonchev–Trinajstić information content (AvgIpc) is 2.96. The van der Waals surface area contributed by atoms with Gasteiger partial charge in [0.25, 0.3) is 10.1 Å². The zero-order valence-electron chi connectivity index (χ0n) is 19.1. The smallest absolute Gasteiger partial charge is 0.264 e. The normalized spacial score (nSPS) is 30.0. The summed E-state index contributed by atoms with van der Waals surface area (Å²) in [4.78, 5) is 2.10. The number of sulfonamides is 1. The molecular weight excluding hydrogens is 432 g/mol. The summed E-state index contributed by atoms with van der Waals surface area (Å²) in [5, 5.41) is 0.0160. The first-order valence-corrected chi connectivity index (χ1v) is 16.3. The molecule has 0 aromatic carbocycles. The van der Waals surface area contributed by atoms with E-state index < -0.39 is 45.4 Å². The van der Waals surface area contributed by atoms with E-state index in [1.807, 2.05) is 0 Å². The molecule has 172 valence electrons. The lowest BCUT2D eigenvalue weighted by Gasteiger charge is -2.41. The van der Waals surface area contributed by atoms with Gasteiger partial charge in [-0.25, -0.2) is 13.1 Å². The van der Waals surface area contributed by atoms with Gasteiger partial charge in [0.15, 0.2) is 8.32 Å². The topological polar surface area (TPSA) is 102 Å². The van der Waals surface area contributed by atoms with Gasteiger partial charge in [0.05, 0.1) is 29.2 Å². The number of fused-ring (bicyclic) bond motifs is 1. The molecule has 1 N–H and O–H groups in total. The van der Waals surface area contributed by atoms with Crippen LogP contribution >= 0.6 is 0 Å². The summed E-state index contributed by atoms with van der Waals surface area (Å²) in [6.45, 7) is 16.8. The third kappa shape index (κ3) is 5.61. The van der Waals surface area contributed by atoms with Gasteiger partial charge >= 0.3 is 0 Å². The molecule has 0 saturated carbocycles. The van der Waals surface area contributed by atoms with Crippen LogP contribution in [0.5, 0.6) is 0 Å². The molecule has 0 radical (unpaired) electrons. The van der Waals surface area contributed by atoms with Crippen molar-refractivity contribution in [3.63, 3.8) is 0 Å². The lowest BCUT2D eigenvalue weighted by molar-refractivity contribution is 0.124. The molecule has 0 amide bonds. The Hall–Kier alpha value is -0.0431. The van der Waals surface area contributed by atoms with E-state index in [-0.39, 0.29) is 17.2 Å². The highest BCUT2D eigenvalue weighted by Gasteiger charge is 2.54. The third-order valence-corrected chi connectivity index (χ3v) is 13.6. The highest BCUT2D eigenvalue weighted by Crippen LogP contribution is 2.41. The molecule has 2 rings (SSSR count). The highest BCUT2D eigenvalue weighted by atomic mass is 32.2. The van der Waals surface area contributed by atoms with Crippen molar-refractivity contribution in [1.29, 1.82) is 0 Å². The maximum Gasteiger partial charge on any atom is 0.264 e. The fourth-order valence-corrected chi connectivity index (χ4v) is 6.58. The van der Waals surface area contributed by atoms with Crippen molar-refractivity contribution in [2.45, 2.75) is 95.1 Å². The largest absolute Gasteiger partial charge is 0.412 e. The average molecular weight is 471 g/mol. The minimum atomic E-state index is -3.73. The molecule has 2 aliphatic rings. The molecule has 2 aliphatic heterocycles. The molecule has 2 saturated heterocycles. The first-order chi connectivity index (χ1) is 12.8. The highest BCUT2D eigenvalue weighted by molar-refractivity contribution is 7.90. The van der Waals surface area contributed by atoms with Crippen LogP contribution in [0.25, 0.3) is 0 Å². The first-order valence-electron chi connectivity index (χ1n) is 10.1. The van der Waals surface area contributed by atoms with Crippen LogP contribution in [0.4, 0.5) is 0 Å². The van der Waals surface area contributed by atoms with Gasteiger partial charge in [-0.3, -0.25) is 9.08 Å². The summed E-state index contributed by atoms with van der Waals surface area (Å²) in [5.74, 6) is 0. The Morgan fingerprint density at radius 2 is 1.55 bits per heavy atom. The third-order valence-electron chi connectivity index (χ3n) is 6.33. The lowest BCUT2D eigenvalue weighted by atomic mass is 10.0. The Bertz CT molecular complexity index is 814. The van der Waals surface area contributed by atoms with E-state index in [4.69, 9.17) is 8.61 Å². The Kier molecular flexibility index (Phi) is 6.80. The number of hydrogen-bond acceptors (Lipinski definition) is 7. The molecule has 2 fully saturated rings. The Morgan fingerprint density at radius 1 is 1.00 bits per heavy atom. The van der Waals surface area contributed by atoms with Crippen LogP contribution in [0.15, 0.2) is 0 Å². The second-order valence-electron chi connectivity index (χ2n) is 10.8. The van der Waals surface area contributed by atoms with Crippen LogP contribution in [0, 0.1) is 0 Å². The minimum absolute atomic E-state index is 0.0160. The van der Waals surface area contributed by atoms with Crippen molar-refractivity contribution in [2.75, 3.05) is 19.3 Å². The van der Waals surface area contributed by atoms with Crippen molar-refractivity contribution in [3.05, 3.63) is 0 Å². The SMILES string of the molecule is CC(C)(C)[Si](C)(C)O[C@H]1CCN2C[C@H](OS(C)(=O)=O)[C@H](NS(=O)(=O)C(C)(C)C)[C@@H]12. The summed E-state index contributed by atoms with van der Waals surface area (Å²) in [6, 6.07) is -0.945. The van der Waals surface area contributed by atoms with Crippen molar-refractivity contribution >= 4 is 28.5 Å². The van der Waals surface area contributed by atoms with E-state index in [0.717, 1.165) is 19.2 Å². The summed E-state index contributed by atoms with van der Waals surface area (Å²) in [5.41, 5.74) is 0. The summed E-state index contributed by atoms with van der Waals surface area (Å²) < 4.78 is 63.1. The van der Waals surface area contributed by atoms with Crippen molar-refractivity contribution in [2.24, 2.45) is 0 Å². The number of hydrogen-bond donors (Lipinski definition) is 1. The van der Waals surface area contributed by atoms with Crippen LogP contribution in [-0.2, 0) is 28.8 Å². The van der Waals surface area contributed by atoms with E-state index in [0.29, 0.717) is 6.54 Å². The van der Waals surface area contributed by atoms with Crippen molar-refractivity contribution < 1.29 is 25.4 Å². The van der Waals surface area contributed by atoms with E-state index in [1.165, 1.54) is 0 Å². The number of nitrogens with zero attached hydrogens (tertiary/aromatic N) is 1. The zero-order valence-corrected chi connectivity index (χ0v) is 21.8. The molecule has 0 bridgehead atoms. The predicted molar refractivity (Wildman–Crippen MR) is 117 cm³/mol. The van der Waals surface area contributed by atoms with Gasteiger partial charge < -0.3 is 4.43 Å². The molecule has 0 spiro atoms. The maximum atomic E-state index is 12.9. The monoisotopic (exact) mass is 470 g/mol. The van der Waals surface area contributed by atoms with Crippen molar-refractivity contribution in [1.82, 2.24) is 9.62 Å². The molecule has 2 heterocycles. The first kappa shape index (κ1) is 25.2. The Morgan fingerprint density at radius 3 is 2.00 bits per heavy atom. The van der Waals surface area contributed by atoms with E-state index >= 15 is 0 Å². The van der Waals surface area contributed by atoms with Gasteiger partial charge in [0.1, 0.15) is 6.10 Å². The van der Waals surface area contributed by atoms with Gasteiger partial charge in [-0.15, -0.1) is 0 Å². The van der Waals surface area contributed by atoms with Gasteiger partial charge in [-0.1, -0.05) is 20.8 Å². The summed E-state index contributed by atoms with van der Waals surface area (Å²) in [7, 11) is -9.52. The van der Waals surface area contributed by atoms with Crippen LogP contribution in [-0.4, -0.2) is 78.4 Å². The molecule has 0 unspecified atom stereocenters. The summed E-state index contributed by atoms with van der Waals surface area (Å²) in [6.07, 6.45) is 0.834. The Labute approximate surface area is 178 Å². The molecule has 11 heteroatoms. The fourth-order valence-electron chi connectivity index (χ4n) is 3.58. The van der Waals surface area contributed by atoms with Crippen LogP contribution < -0.4 is 4.72 Å². The van der Waals surface area contributed by atoms with Gasteiger partial charge in [-0.05, 0) is 45.3 Å². The number of rotatable bonds is 6. The second kappa shape index (κ2) is 7.82. The molecule has 29 heavy (non-hydrogen) atoms. The van der Waals surface area contributed by atoms with E-state index in [2.05, 4.69) is 43.5 Å². The predicted octanol–water partition coefficient (Wildman–Crippen LogP) is 1.90. The second-order valence-corrected chi connectivity index (χ2v) is 19.6. The Balaban J connectivity index is 2.37. The van der Waals surface area contributed by atoms with E-state index in [9.17, 15) is 16.8 Å². The molecule has 4 atom stereocenters. The van der Waals surface area contributed by atoms with Gasteiger partial charge in [0, 0.05) is 13.1 Å². The molecular formula is C18H38N2O6S2Si. The standard InChI is InChI=1S/C18H38N2O6S2Si/c1-17(2,3)28(23,24)19-15-14(25-27(7,21)22)12-20-11-10-13(16(15)20)26-29(8,9)18(4,5)6/h13-16,19H,10-12H2,1-9H3/t13-,14-,15-,16+/m0/s1. The minimum Gasteiger partial charge on any atom is -0.412 e. The van der Waals surface area contributed by atoms with Crippen LogP contribution in [0.2, 0.25) is 18.1 Å². The lowest BCUT2D eigenvalue weighted by Crippen LogP contribution is -2.57. The molecule has 0 aromatic heterocycles. The molecule has 0 aromatic rings. The van der Waals surface area contributed by atoms with Gasteiger partial charge in [0.2, 0.25) is 10.0 Å². The summed E-state index contributed by atoms with van der Waals surface area (Å²) >= 11 is 0. The number of nitrogens with one attached hydrogen (secondary N) is 1. The van der Waals surface area contributed by atoms with E-state index in [1.54, 1.807) is 20.8 Å². The molecule has 8 nitrogen and oxygen atoms in total. The van der Waals surface area contributed by atoms with Crippen molar-refractivity contribution in [3.8, 4) is 0 Å².